The first-order chi connectivity index (χ1) is 26.4. The Morgan fingerprint density at radius 1 is 0.661 bits per heavy atom. The molecule has 0 saturated heterocycles. The fraction of sp³-hybridized carbons (Fsp3) is 0.381. The van der Waals surface area contributed by atoms with E-state index in [1.54, 1.807) is 65.8 Å². The fourth-order valence-electron chi connectivity index (χ4n) is 7.48. The first kappa shape index (κ1) is 40.8. The van der Waals surface area contributed by atoms with Crippen LogP contribution in [0.15, 0.2) is 93.9 Å². The van der Waals surface area contributed by atoms with Gasteiger partial charge in [0.1, 0.15) is 13.2 Å². The Labute approximate surface area is 342 Å². The first-order valence-electron chi connectivity index (χ1n) is 18.3. The molecule has 0 amide bonds. The number of nitro groups is 2. The summed E-state index contributed by atoms with van der Waals surface area (Å²) in [4.78, 5) is 54.1. The van der Waals surface area contributed by atoms with Crippen LogP contribution in [0.4, 0.5) is 22.7 Å². The number of rotatable bonds is 11. The van der Waals surface area contributed by atoms with Crippen LogP contribution in [0.1, 0.15) is 75.9 Å². The Morgan fingerprint density at radius 3 is 1.34 bits per heavy atom. The maximum absolute atomic E-state index is 13.3. The zero-order valence-corrected chi connectivity index (χ0v) is 35.2. The molecule has 294 valence electrons. The van der Waals surface area contributed by atoms with Crippen molar-refractivity contribution in [2.75, 3.05) is 23.0 Å². The lowest BCUT2D eigenvalue weighted by molar-refractivity contribution is -0.385. The lowest BCUT2D eigenvalue weighted by Gasteiger charge is -2.47. The quantitative estimate of drug-likeness (QED) is 0.0811. The molecule has 0 N–H and O–H groups in total. The van der Waals surface area contributed by atoms with E-state index in [9.17, 15) is 29.8 Å². The van der Waals surface area contributed by atoms with Crippen molar-refractivity contribution in [3.63, 3.8) is 0 Å². The molecule has 56 heavy (non-hydrogen) atoms. The third-order valence-electron chi connectivity index (χ3n) is 10.2. The molecule has 2 aliphatic rings. The fourth-order valence-corrected chi connectivity index (χ4v) is 8.52. The molecule has 6 rings (SSSR count). The van der Waals surface area contributed by atoms with Crippen molar-refractivity contribution in [3.05, 3.63) is 136 Å². The second-order valence-electron chi connectivity index (χ2n) is 16.3. The minimum absolute atomic E-state index is 0.00236. The van der Waals surface area contributed by atoms with Crippen molar-refractivity contribution in [3.8, 4) is 0 Å². The number of carbonyl (C=O) groups is 2. The highest BCUT2D eigenvalue weighted by Gasteiger charge is 2.48. The van der Waals surface area contributed by atoms with Crippen LogP contribution in [0, 0.1) is 31.1 Å². The molecule has 4 aromatic rings. The molecule has 0 saturated carbocycles. The molecular weight excluding hydrogens is 848 g/mol. The lowest BCUT2D eigenvalue weighted by atomic mass is 9.89. The molecule has 4 atom stereocenters. The Morgan fingerprint density at radius 2 is 1.02 bits per heavy atom. The Bertz CT molecular complexity index is 2030. The van der Waals surface area contributed by atoms with Crippen LogP contribution in [0.5, 0.6) is 0 Å². The van der Waals surface area contributed by atoms with E-state index in [1.165, 1.54) is 12.1 Å². The molecule has 4 unspecified atom stereocenters. The number of esters is 2. The Hall–Kier alpha value is -4.82. The van der Waals surface area contributed by atoms with Gasteiger partial charge in [0.15, 0.2) is 0 Å². The zero-order valence-electron chi connectivity index (χ0n) is 32.0. The highest BCUT2D eigenvalue weighted by atomic mass is 79.9. The van der Waals surface area contributed by atoms with Gasteiger partial charge in [-0.25, -0.2) is 0 Å². The van der Waals surface area contributed by atoms with Crippen LogP contribution in [0.2, 0.25) is 0 Å². The van der Waals surface area contributed by atoms with Gasteiger partial charge in [-0.05, 0) is 101 Å². The predicted molar refractivity (Wildman–Crippen MR) is 221 cm³/mol. The van der Waals surface area contributed by atoms with E-state index in [-0.39, 0.29) is 36.5 Å². The maximum atomic E-state index is 13.3. The van der Waals surface area contributed by atoms with Crippen molar-refractivity contribution in [1.82, 2.24) is 0 Å². The summed E-state index contributed by atoms with van der Waals surface area (Å²) in [5.74, 6) is -0.759. The molecule has 0 fully saturated rings. The predicted octanol–water partition coefficient (Wildman–Crippen LogP) is 9.85. The lowest BCUT2D eigenvalue weighted by Crippen LogP contribution is -2.49. The molecule has 2 heterocycles. The number of anilines is 2. The summed E-state index contributed by atoms with van der Waals surface area (Å²) in [6.45, 7) is 10.7. The second-order valence-corrected chi connectivity index (χ2v) is 18.0. The Kier molecular flexibility index (Phi) is 11.6. The van der Waals surface area contributed by atoms with Crippen LogP contribution >= 0.6 is 31.9 Å². The van der Waals surface area contributed by atoms with Crippen molar-refractivity contribution in [2.45, 2.75) is 78.6 Å². The first-order valence-corrected chi connectivity index (χ1v) is 19.9. The SMILES string of the molecule is CC(C)(C)C(=O)OCC1Cc2cc([N+](=O)[O-])ccc2N1C(c1ccccc1Br)C(c1ccccc1Br)N1c2ccc([N+](=O)[O-])cc2CC1COC(=O)C(C)(C)C. The number of nitro benzene ring substituents is 2. The minimum Gasteiger partial charge on any atom is -0.463 e. The molecule has 0 bridgehead atoms. The van der Waals surface area contributed by atoms with Crippen molar-refractivity contribution in [2.24, 2.45) is 10.8 Å². The van der Waals surface area contributed by atoms with Crippen molar-refractivity contribution in [1.29, 1.82) is 0 Å². The number of ether oxygens (including phenoxy) is 2. The third kappa shape index (κ3) is 8.31. The summed E-state index contributed by atoms with van der Waals surface area (Å²) in [5, 5.41) is 24.0. The molecular formula is C42H44Br2N4O8. The molecule has 0 radical (unpaired) electrons. The summed E-state index contributed by atoms with van der Waals surface area (Å²) in [6, 6.07) is 23.2. The topological polar surface area (TPSA) is 145 Å². The molecule has 14 heteroatoms. The van der Waals surface area contributed by atoms with Crippen LogP contribution in [0.25, 0.3) is 0 Å². The van der Waals surface area contributed by atoms with E-state index < -0.39 is 44.8 Å². The zero-order chi connectivity index (χ0) is 40.7. The molecule has 4 aromatic carbocycles. The van der Waals surface area contributed by atoms with Gasteiger partial charge in [-0.15, -0.1) is 0 Å². The minimum atomic E-state index is -0.770. The number of hydrogen-bond donors (Lipinski definition) is 0. The number of benzene rings is 4. The average molecular weight is 893 g/mol. The number of non-ortho nitro benzene ring substituents is 2. The van der Waals surface area contributed by atoms with Gasteiger partial charge in [0, 0.05) is 44.6 Å². The monoisotopic (exact) mass is 890 g/mol. The standard InChI is InChI=1S/C42H44Br2N4O8/c1-41(2,3)39(49)55-23-29-21-25-19-27(47(51)52)15-17-35(25)45(29)37(31-11-7-9-13-33(31)43)38(32-12-8-10-14-34(32)44)46-30(24-56-40(50)42(4,5)6)22-26-20-28(48(53)54)16-18-36(26)46/h7-20,29-30,37-38H,21-24H2,1-6H3. The van der Waals surface area contributed by atoms with Gasteiger partial charge in [0.25, 0.3) is 11.4 Å². The van der Waals surface area contributed by atoms with E-state index in [1.807, 2.05) is 48.5 Å². The number of halogens is 2. The smallest absolute Gasteiger partial charge is 0.311 e. The van der Waals surface area contributed by atoms with E-state index >= 15 is 0 Å². The Balaban J connectivity index is 1.62. The van der Waals surface area contributed by atoms with Gasteiger partial charge in [0.2, 0.25) is 0 Å². The van der Waals surface area contributed by atoms with Gasteiger partial charge >= 0.3 is 11.9 Å². The highest BCUT2D eigenvalue weighted by Crippen LogP contribution is 2.53. The van der Waals surface area contributed by atoms with Crippen molar-refractivity contribution < 1.29 is 28.9 Å². The molecule has 0 aliphatic carbocycles. The molecule has 2 aliphatic heterocycles. The number of fused-ring (bicyclic) bond motifs is 2. The normalized spacial score (nSPS) is 17.5. The average Bonchev–Trinajstić information content (AvgIpc) is 3.68. The summed E-state index contributed by atoms with van der Waals surface area (Å²) in [5.41, 5.74) is 3.03. The van der Waals surface area contributed by atoms with E-state index in [0.29, 0.717) is 12.8 Å². The molecule has 12 nitrogen and oxygen atoms in total. The van der Waals surface area contributed by atoms with Gasteiger partial charge in [-0.2, -0.15) is 0 Å². The van der Waals surface area contributed by atoms with E-state index in [4.69, 9.17) is 9.47 Å². The van der Waals surface area contributed by atoms with E-state index in [2.05, 4.69) is 41.7 Å². The van der Waals surface area contributed by atoms with E-state index in [0.717, 1.165) is 42.6 Å². The van der Waals surface area contributed by atoms with Gasteiger partial charge in [-0.3, -0.25) is 29.8 Å². The van der Waals surface area contributed by atoms with Crippen LogP contribution < -0.4 is 9.80 Å². The molecule has 0 spiro atoms. The van der Waals surface area contributed by atoms with Gasteiger partial charge in [0.05, 0.1) is 44.8 Å². The van der Waals surface area contributed by atoms with Gasteiger partial charge < -0.3 is 19.3 Å². The summed E-state index contributed by atoms with van der Waals surface area (Å²) in [7, 11) is 0. The number of nitrogens with zero attached hydrogens (tertiary/aromatic N) is 4. The number of carbonyl (C=O) groups excluding carboxylic acids is 2. The summed E-state index contributed by atoms with van der Waals surface area (Å²) in [6.07, 6.45) is 0.709. The third-order valence-corrected chi connectivity index (χ3v) is 11.6. The molecule has 0 aromatic heterocycles. The maximum Gasteiger partial charge on any atom is 0.311 e. The largest absolute Gasteiger partial charge is 0.463 e. The van der Waals surface area contributed by atoms with Crippen molar-refractivity contribution >= 4 is 66.5 Å². The number of hydrogen-bond acceptors (Lipinski definition) is 10. The summed E-state index contributed by atoms with van der Waals surface area (Å²) < 4.78 is 13.6. The van der Waals surface area contributed by atoms with Crippen LogP contribution in [-0.4, -0.2) is 47.1 Å². The van der Waals surface area contributed by atoms with Gasteiger partial charge in [-0.1, -0.05) is 68.3 Å². The highest BCUT2D eigenvalue weighted by molar-refractivity contribution is 9.10. The van der Waals surface area contributed by atoms with Crippen LogP contribution in [-0.2, 0) is 31.9 Å². The van der Waals surface area contributed by atoms with Crippen LogP contribution in [0.3, 0.4) is 0 Å². The summed E-state index contributed by atoms with van der Waals surface area (Å²) >= 11 is 7.72. The second kappa shape index (κ2) is 16.0.